The van der Waals surface area contributed by atoms with Crippen molar-refractivity contribution in [1.29, 1.82) is 0 Å². The molecule has 1 aliphatic heterocycles. The molecule has 1 rings (SSSR count). The predicted octanol–water partition coefficient (Wildman–Crippen LogP) is -1.61. The number of aliphatic hydroxyl groups is 1. The van der Waals surface area contributed by atoms with E-state index in [0.717, 1.165) is 0 Å². The van der Waals surface area contributed by atoms with Gasteiger partial charge in [-0.3, -0.25) is 0 Å². The molecule has 7 heavy (non-hydrogen) atoms. The highest BCUT2D eigenvalue weighted by Gasteiger charge is 2.38. The second kappa shape index (κ2) is 1.43. The number of hydrogen-bond donors (Lipinski definition) is 2. The Hall–Kier alpha value is -0.120. The molecule has 4 N–H and O–H groups in total. The first-order chi connectivity index (χ1) is 3.22. The minimum Gasteiger partial charge on any atom is -0.429 e. The van der Waals surface area contributed by atoms with Crippen LogP contribution in [0.15, 0.2) is 0 Å². The summed E-state index contributed by atoms with van der Waals surface area (Å²) in [7, 11) is 0. The van der Waals surface area contributed by atoms with Crippen LogP contribution in [0.4, 0.5) is 0 Å². The molecule has 0 saturated carbocycles. The first-order valence-electron chi connectivity index (χ1n) is 2.37. The van der Waals surface area contributed by atoms with Crippen LogP contribution in [0.1, 0.15) is 6.92 Å². The number of nitrogens with one attached hydrogen (secondary N) is 1. The second-order valence-corrected chi connectivity index (χ2v) is 1.92. The third kappa shape index (κ3) is 0.627. The number of rotatable bonds is 0. The highest BCUT2D eigenvalue weighted by atomic mass is 16.4. The highest BCUT2D eigenvalue weighted by Crippen LogP contribution is 2.07. The maximum Gasteiger partial charge on any atom is 0.239 e. The van der Waals surface area contributed by atoms with Crippen LogP contribution in [0.5, 0.6) is 0 Å². The van der Waals surface area contributed by atoms with E-state index in [4.69, 9.17) is 10.2 Å². The average molecular weight is 104 g/mol. The second-order valence-electron chi connectivity index (χ2n) is 1.92. The Kier molecular flexibility index (Phi) is 1.03. The molecule has 0 aromatic heterocycles. The van der Waals surface area contributed by atoms with E-state index in [1.54, 1.807) is 0 Å². The summed E-state index contributed by atoms with van der Waals surface area (Å²) in [6.07, 6.45) is -0.880. The third-order valence-corrected chi connectivity index (χ3v) is 1.30. The van der Waals surface area contributed by atoms with Crippen LogP contribution < -0.4 is 5.32 Å². The van der Waals surface area contributed by atoms with Gasteiger partial charge in [-0.15, -0.1) is 0 Å². The van der Waals surface area contributed by atoms with Gasteiger partial charge in [0, 0.05) is 6.04 Å². The van der Waals surface area contributed by atoms with Crippen LogP contribution >= 0.6 is 0 Å². The molecular weight excluding hydrogens is 94.0 g/mol. The Morgan fingerprint density at radius 2 is 2.29 bits per heavy atom. The molecule has 3 atom stereocenters. The van der Waals surface area contributed by atoms with Crippen molar-refractivity contribution < 1.29 is 10.2 Å². The average Bonchev–Trinajstić information content (AvgIpc) is 1.68. The van der Waals surface area contributed by atoms with Crippen LogP contribution in [0.3, 0.4) is 0 Å². The van der Waals surface area contributed by atoms with Gasteiger partial charge in [-0.1, -0.05) is 0 Å². The zero-order valence-electron chi connectivity index (χ0n) is 4.18. The van der Waals surface area contributed by atoms with Gasteiger partial charge in [0.25, 0.3) is 0 Å². The van der Waals surface area contributed by atoms with E-state index in [1.807, 2.05) is 6.92 Å². The summed E-state index contributed by atoms with van der Waals surface area (Å²) in [5.41, 5.74) is 0. The monoisotopic (exact) mass is 104 g/mol. The summed E-state index contributed by atoms with van der Waals surface area (Å²) in [4.78, 5) is 0. The van der Waals surface area contributed by atoms with Gasteiger partial charge in [0.2, 0.25) is 6.23 Å². The lowest BCUT2D eigenvalue weighted by Gasteiger charge is -2.32. The fraction of sp³-hybridized carbons (Fsp3) is 1.00. The van der Waals surface area contributed by atoms with Crippen molar-refractivity contribution in [2.24, 2.45) is 0 Å². The minimum atomic E-state index is -0.444. The molecule has 1 saturated heterocycles. The van der Waals surface area contributed by atoms with E-state index in [2.05, 4.69) is 5.32 Å². The molecule has 3 nitrogen and oxygen atoms in total. The smallest absolute Gasteiger partial charge is 0.239 e. The lowest BCUT2D eigenvalue weighted by atomic mass is 10.0. The molecule has 0 bridgehead atoms. The van der Waals surface area contributed by atoms with Crippen molar-refractivity contribution in [3.8, 4) is 0 Å². The highest BCUT2D eigenvalue weighted by molar-refractivity contribution is 4.87. The molecule has 0 spiro atoms. The van der Waals surface area contributed by atoms with Crippen molar-refractivity contribution in [3.05, 3.63) is 0 Å². The fourth-order valence-electron chi connectivity index (χ4n) is 0.651. The van der Waals surface area contributed by atoms with Gasteiger partial charge in [0.15, 0.2) is 6.10 Å². The van der Waals surface area contributed by atoms with Gasteiger partial charge < -0.3 is 10.2 Å². The van der Waals surface area contributed by atoms with Crippen molar-refractivity contribution in [2.45, 2.75) is 25.3 Å². The van der Waals surface area contributed by atoms with Crippen molar-refractivity contribution in [1.82, 2.24) is 5.32 Å². The van der Waals surface area contributed by atoms with E-state index in [9.17, 15) is 0 Å². The van der Waals surface area contributed by atoms with E-state index < -0.39 is 12.3 Å². The van der Waals surface area contributed by atoms with Gasteiger partial charge in [-0.25, -0.2) is 5.32 Å². The first kappa shape index (κ1) is 5.03. The summed E-state index contributed by atoms with van der Waals surface area (Å²) >= 11 is 0. The van der Waals surface area contributed by atoms with Crippen LogP contribution in [0.2, 0.25) is 0 Å². The van der Waals surface area contributed by atoms with Crippen LogP contribution in [-0.4, -0.2) is 28.6 Å². The summed E-state index contributed by atoms with van der Waals surface area (Å²) in [5, 5.41) is 18.4. The molecule has 0 aliphatic carbocycles. The normalized spacial score (nSPS) is 51.0. The minimum absolute atomic E-state index is 0.127. The lowest BCUT2D eigenvalue weighted by molar-refractivity contribution is -0.0948. The number of hydrogen-bond acceptors (Lipinski definition) is 2. The lowest BCUT2D eigenvalue weighted by Crippen LogP contribution is -2.63. The maximum atomic E-state index is 8.73. The first-order valence-corrected chi connectivity index (χ1v) is 2.37. The van der Waals surface area contributed by atoms with Crippen molar-refractivity contribution in [3.63, 3.8) is 0 Å². The fourth-order valence-corrected chi connectivity index (χ4v) is 0.651. The molecule has 1 heterocycles. The Bertz CT molecular complexity index is 68.1. The molecule has 3 heteroatoms. The topological polar surface area (TPSA) is 55.2 Å². The SMILES string of the molecule is CC1NC([OH2+])C1O. The molecule has 0 aromatic rings. The van der Waals surface area contributed by atoms with Crippen LogP contribution in [-0.2, 0) is 0 Å². The molecule has 42 valence electrons. The summed E-state index contributed by atoms with van der Waals surface area (Å²) in [6.45, 7) is 1.86. The predicted molar refractivity (Wildman–Crippen MR) is 26.0 cm³/mol. The molecule has 3 unspecified atom stereocenters. The Morgan fingerprint density at radius 1 is 1.71 bits per heavy atom. The van der Waals surface area contributed by atoms with Gasteiger partial charge in [0.05, 0.1) is 0 Å². The largest absolute Gasteiger partial charge is 0.429 e. The molecule has 1 aliphatic rings. The quantitative estimate of drug-likeness (QED) is 0.363. The molecule has 0 amide bonds. The summed E-state index contributed by atoms with van der Waals surface area (Å²) < 4.78 is 0. The molecular formula is C4H10NO2+. The van der Waals surface area contributed by atoms with E-state index >= 15 is 0 Å². The zero-order valence-corrected chi connectivity index (χ0v) is 4.18. The Balaban J connectivity index is 2.29. The molecule has 1 fully saturated rings. The Morgan fingerprint density at radius 3 is 2.29 bits per heavy atom. The Labute approximate surface area is 42.0 Å². The van der Waals surface area contributed by atoms with Gasteiger partial charge in [-0.2, -0.15) is 0 Å². The van der Waals surface area contributed by atoms with Crippen LogP contribution in [0.25, 0.3) is 0 Å². The standard InChI is InChI=1S/C4H9NO2/c1-2-3(6)4(7)5-2/h2-7H,1H3/p+1. The summed E-state index contributed by atoms with van der Waals surface area (Å²) in [5.74, 6) is 0. The van der Waals surface area contributed by atoms with Gasteiger partial charge in [0.1, 0.15) is 0 Å². The van der Waals surface area contributed by atoms with E-state index in [-0.39, 0.29) is 6.04 Å². The van der Waals surface area contributed by atoms with Crippen LogP contribution in [0, 0.1) is 0 Å². The summed E-state index contributed by atoms with van der Waals surface area (Å²) in [6, 6.07) is 0.127. The van der Waals surface area contributed by atoms with E-state index in [0.29, 0.717) is 0 Å². The molecule has 0 radical (unpaired) electrons. The van der Waals surface area contributed by atoms with E-state index in [1.165, 1.54) is 0 Å². The molecule has 0 aromatic carbocycles. The third-order valence-electron chi connectivity index (χ3n) is 1.30. The maximum absolute atomic E-state index is 8.73. The van der Waals surface area contributed by atoms with Crippen molar-refractivity contribution >= 4 is 0 Å². The number of aliphatic hydroxyl groups excluding tert-OH is 1. The van der Waals surface area contributed by atoms with Gasteiger partial charge >= 0.3 is 0 Å². The van der Waals surface area contributed by atoms with Gasteiger partial charge in [-0.05, 0) is 6.92 Å². The van der Waals surface area contributed by atoms with Crippen molar-refractivity contribution in [2.75, 3.05) is 0 Å². The zero-order chi connectivity index (χ0) is 5.44.